The summed E-state index contributed by atoms with van der Waals surface area (Å²) in [5.74, 6) is 1.18. The molecule has 1 atom stereocenters. The number of ether oxygens (including phenoxy) is 3. The van der Waals surface area contributed by atoms with E-state index in [-0.39, 0.29) is 11.2 Å². The molecule has 0 N–H and O–H groups in total. The number of rotatable bonds is 8. The van der Waals surface area contributed by atoms with Gasteiger partial charge in [-0.15, -0.1) is 0 Å². The van der Waals surface area contributed by atoms with E-state index in [4.69, 9.17) is 14.2 Å². The van der Waals surface area contributed by atoms with Gasteiger partial charge < -0.3 is 19.1 Å². The molecule has 32 heavy (non-hydrogen) atoms. The Morgan fingerprint density at radius 3 is 2.62 bits per heavy atom. The van der Waals surface area contributed by atoms with Gasteiger partial charge in [-0.05, 0) is 48.4 Å². The maximum Gasteiger partial charge on any atom is 0.200 e. The molecular formula is C24H26N2O5S. The van der Waals surface area contributed by atoms with Crippen molar-refractivity contribution in [3.8, 4) is 11.5 Å². The Labute approximate surface area is 188 Å². The Balaban J connectivity index is 1.76. The van der Waals surface area contributed by atoms with E-state index in [0.717, 1.165) is 29.8 Å². The van der Waals surface area contributed by atoms with E-state index < -0.39 is 9.84 Å². The van der Waals surface area contributed by atoms with Crippen molar-refractivity contribution in [3.63, 3.8) is 0 Å². The molecule has 0 spiro atoms. The Bertz CT molecular complexity index is 1160. The van der Waals surface area contributed by atoms with Crippen LogP contribution in [0, 0.1) is 0 Å². The molecular weight excluding hydrogens is 428 g/mol. The Morgan fingerprint density at radius 1 is 1.09 bits per heavy atom. The van der Waals surface area contributed by atoms with Crippen molar-refractivity contribution in [1.29, 1.82) is 0 Å². The first kappa shape index (κ1) is 22.1. The predicted molar refractivity (Wildman–Crippen MR) is 122 cm³/mol. The van der Waals surface area contributed by atoms with Crippen molar-refractivity contribution in [2.24, 2.45) is 0 Å². The van der Waals surface area contributed by atoms with E-state index in [1.54, 1.807) is 37.7 Å². The summed E-state index contributed by atoms with van der Waals surface area (Å²) >= 11 is 0. The van der Waals surface area contributed by atoms with Crippen LogP contribution in [0.15, 0.2) is 71.9 Å². The highest BCUT2D eigenvalue weighted by Gasteiger charge is 2.21. The molecule has 1 saturated heterocycles. The molecule has 1 fully saturated rings. The molecule has 1 unspecified atom stereocenters. The van der Waals surface area contributed by atoms with Crippen molar-refractivity contribution in [2.75, 3.05) is 24.9 Å². The molecule has 0 radical (unpaired) electrons. The van der Waals surface area contributed by atoms with Crippen LogP contribution in [-0.2, 0) is 21.1 Å². The third kappa shape index (κ3) is 5.20. The Hall–Kier alpha value is -3.10. The summed E-state index contributed by atoms with van der Waals surface area (Å²) in [6, 6.07) is 16.4. The molecule has 8 heteroatoms. The highest BCUT2D eigenvalue weighted by atomic mass is 32.2. The zero-order valence-corrected chi connectivity index (χ0v) is 18.9. The maximum atomic E-state index is 12.2. The molecule has 168 valence electrons. The van der Waals surface area contributed by atoms with Crippen molar-refractivity contribution < 1.29 is 22.6 Å². The quantitative estimate of drug-likeness (QED) is 0.501. The predicted octanol–water partition coefficient (Wildman–Crippen LogP) is 4.35. The van der Waals surface area contributed by atoms with E-state index in [2.05, 4.69) is 4.98 Å². The number of methoxy groups -OCH3 is 1. The molecule has 3 aromatic rings. The van der Waals surface area contributed by atoms with Crippen LogP contribution in [0.4, 0.5) is 11.4 Å². The summed E-state index contributed by atoms with van der Waals surface area (Å²) in [7, 11) is -1.75. The van der Waals surface area contributed by atoms with E-state index in [1.165, 1.54) is 6.26 Å². The van der Waals surface area contributed by atoms with Gasteiger partial charge in [-0.1, -0.05) is 12.1 Å². The number of aromatic nitrogens is 1. The molecule has 0 amide bonds. The van der Waals surface area contributed by atoms with Gasteiger partial charge in [0.15, 0.2) is 27.6 Å². The van der Waals surface area contributed by atoms with Gasteiger partial charge in [-0.25, -0.2) is 8.42 Å². The number of hydrogen-bond acceptors (Lipinski definition) is 7. The van der Waals surface area contributed by atoms with Crippen molar-refractivity contribution in [1.82, 2.24) is 4.98 Å². The minimum absolute atomic E-state index is 0.260. The summed E-state index contributed by atoms with van der Waals surface area (Å²) in [6.07, 6.45) is 6.19. The van der Waals surface area contributed by atoms with Gasteiger partial charge in [0.05, 0.1) is 18.6 Å². The van der Waals surface area contributed by atoms with Crippen LogP contribution in [-0.4, -0.2) is 39.7 Å². The molecule has 2 heterocycles. The van der Waals surface area contributed by atoms with Crippen LogP contribution >= 0.6 is 0 Å². The monoisotopic (exact) mass is 454 g/mol. The SMILES string of the molecule is COc1ccc(N(Cc2cccnc2)c2cccc(S(C)(=O)=O)c2)cc1OC1CCCO1. The summed E-state index contributed by atoms with van der Waals surface area (Å²) in [6.45, 7) is 1.17. The highest BCUT2D eigenvalue weighted by molar-refractivity contribution is 7.90. The lowest BCUT2D eigenvalue weighted by Crippen LogP contribution is -2.18. The van der Waals surface area contributed by atoms with Crippen LogP contribution in [0.5, 0.6) is 11.5 Å². The summed E-state index contributed by atoms with van der Waals surface area (Å²) in [5.41, 5.74) is 2.55. The second kappa shape index (κ2) is 9.58. The number of hydrogen-bond donors (Lipinski definition) is 0. The fraction of sp³-hybridized carbons (Fsp3) is 0.292. The van der Waals surface area contributed by atoms with E-state index in [1.807, 2.05) is 41.3 Å². The number of nitrogens with zero attached hydrogens (tertiary/aromatic N) is 2. The Kier molecular flexibility index (Phi) is 6.62. The van der Waals surface area contributed by atoms with Crippen molar-refractivity contribution in [2.45, 2.75) is 30.6 Å². The van der Waals surface area contributed by atoms with Crippen LogP contribution in [0.25, 0.3) is 0 Å². The van der Waals surface area contributed by atoms with Gasteiger partial charge >= 0.3 is 0 Å². The van der Waals surface area contributed by atoms with Crippen LogP contribution < -0.4 is 14.4 Å². The molecule has 0 aliphatic carbocycles. The molecule has 2 aromatic carbocycles. The Morgan fingerprint density at radius 2 is 1.94 bits per heavy atom. The van der Waals surface area contributed by atoms with Gasteiger partial charge in [0.1, 0.15) is 0 Å². The van der Waals surface area contributed by atoms with Crippen LogP contribution in [0.3, 0.4) is 0 Å². The molecule has 4 rings (SSSR count). The van der Waals surface area contributed by atoms with Crippen molar-refractivity contribution >= 4 is 21.2 Å². The molecule has 7 nitrogen and oxygen atoms in total. The average Bonchev–Trinajstić information content (AvgIpc) is 3.31. The standard InChI is InChI=1S/C24H26N2O5S/c1-29-22-11-10-20(15-23(22)31-24-9-5-13-30-24)26(17-18-6-4-12-25-16-18)19-7-3-8-21(14-19)32(2,27)28/h3-4,6-8,10-12,14-16,24H,5,9,13,17H2,1-2H3. The fourth-order valence-corrected chi connectivity index (χ4v) is 4.26. The smallest absolute Gasteiger partial charge is 0.200 e. The van der Waals surface area contributed by atoms with Crippen LogP contribution in [0.2, 0.25) is 0 Å². The second-order valence-corrected chi connectivity index (χ2v) is 9.63. The number of sulfone groups is 1. The zero-order chi connectivity index (χ0) is 22.6. The lowest BCUT2D eigenvalue weighted by atomic mass is 10.2. The van der Waals surface area contributed by atoms with Gasteiger partial charge in [-0.3, -0.25) is 4.98 Å². The minimum atomic E-state index is -3.35. The summed E-state index contributed by atoms with van der Waals surface area (Å²) < 4.78 is 41.5. The van der Waals surface area contributed by atoms with Gasteiger partial charge in [-0.2, -0.15) is 0 Å². The first-order valence-electron chi connectivity index (χ1n) is 10.4. The molecule has 1 aliphatic rings. The van der Waals surface area contributed by atoms with Crippen molar-refractivity contribution in [3.05, 3.63) is 72.6 Å². The van der Waals surface area contributed by atoms with E-state index >= 15 is 0 Å². The molecule has 1 aliphatic heterocycles. The van der Waals surface area contributed by atoms with Gasteiger partial charge in [0.2, 0.25) is 0 Å². The highest BCUT2D eigenvalue weighted by Crippen LogP contribution is 2.37. The number of benzene rings is 2. The number of anilines is 2. The fourth-order valence-electron chi connectivity index (χ4n) is 3.60. The summed E-state index contributed by atoms with van der Waals surface area (Å²) in [5, 5.41) is 0. The first-order valence-corrected chi connectivity index (χ1v) is 12.3. The zero-order valence-electron chi connectivity index (χ0n) is 18.1. The summed E-state index contributed by atoms with van der Waals surface area (Å²) in [4.78, 5) is 6.49. The average molecular weight is 455 g/mol. The lowest BCUT2D eigenvalue weighted by Gasteiger charge is -2.27. The maximum absolute atomic E-state index is 12.2. The third-order valence-electron chi connectivity index (χ3n) is 5.23. The van der Waals surface area contributed by atoms with Gasteiger partial charge in [0, 0.05) is 49.1 Å². The largest absolute Gasteiger partial charge is 0.493 e. The lowest BCUT2D eigenvalue weighted by molar-refractivity contribution is -0.0402. The van der Waals surface area contributed by atoms with E-state index in [0.29, 0.717) is 24.7 Å². The molecule has 1 aromatic heterocycles. The number of pyridine rings is 1. The van der Waals surface area contributed by atoms with Crippen LogP contribution in [0.1, 0.15) is 18.4 Å². The molecule has 0 saturated carbocycles. The van der Waals surface area contributed by atoms with E-state index in [9.17, 15) is 8.42 Å². The first-order chi connectivity index (χ1) is 15.4. The molecule has 0 bridgehead atoms. The second-order valence-electron chi connectivity index (χ2n) is 7.61. The third-order valence-corrected chi connectivity index (χ3v) is 6.34. The topological polar surface area (TPSA) is 78.0 Å². The van der Waals surface area contributed by atoms with Gasteiger partial charge in [0.25, 0.3) is 0 Å². The minimum Gasteiger partial charge on any atom is -0.493 e. The normalized spacial score (nSPS) is 16.0.